The number of nitrogens with two attached hydrogens (primary N) is 1. The molecule has 4 bridgehead atoms. The summed E-state index contributed by atoms with van der Waals surface area (Å²) in [6.45, 7) is 9.60. The Labute approximate surface area is 729 Å². The minimum Gasteiger partial charge on any atom is -0.495 e. The van der Waals surface area contributed by atoms with Crippen molar-refractivity contribution in [3.63, 3.8) is 0 Å². The van der Waals surface area contributed by atoms with Gasteiger partial charge < -0.3 is 84.3 Å². The molecule has 7 amide bonds. The first kappa shape index (κ1) is 99.7. The Morgan fingerprint density at radius 3 is 1.89 bits per heavy atom. The van der Waals surface area contributed by atoms with Crippen LogP contribution in [0.15, 0.2) is 72.3 Å². The molecule has 2 saturated heterocycles. The number of epoxide rings is 1. The Morgan fingerprint density at radius 2 is 1.32 bits per heavy atom. The molecule has 3 aromatic carbocycles. The predicted molar refractivity (Wildman–Crippen MR) is 456 cm³/mol. The van der Waals surface area contributed by atoms with E-state index < -0.39 is 138 Å². The molecule has 2 fully saturated rings. The number of benzene rings is 3. The number of carbonyl (C=O) groups is 11. The van der Waals surface area contributed by atoms with E-state index in [1.807, 2.05) is 13.0 Å². The molecule has 8 rings (SSSR count). The van der Waals surface area contributed by atoms with Gasteiger partial charge in [-0.25, -0.2) is 34.3 Å². The van der Waals surface area contributed by atoms with E-state index in [0.29, 0.717) is 101 Å². The van der Waals surface area contributed by atoms with E-state index in [9.17, 15) is 57.8 Å². The number of carbonyl (C=O) groups excluding carboxylic acids is 10. The van der Waals surface area contributed by atoms with Gasteiger partial charge in [-0.2, -0.15) is 0 Å². The number of primary amides is 1. The maximum atomic E-state index is 14.4. The summed E-state index contributed by atoms with van der Waals surface area (Å²) >= 11 is 20.4. The Kier molecular flexibility index (Phi) is 40.7. The van der Waals surface area contributed by atoms with Crippen LogP contribution in [0.1, 0.15) is 155 Å². The minimum absolute atomic E-state index is 0. The quantitative estimate of drug-likeness (QED) is 0.00631. The lowest BCUT2D eigenvalue weighted by atomic mass is 9.83. The highest BCUT2D eigenvalue weighted by atomic mass is 79.9. The van der Waals surface area contributed by atoms with Crippen molar-refractivity contribution in [1.82, 2.24) is 46.1 Å². The molecular weight excluding hydrogens is 1830 g/mol. The zero-order valence-electron chi connectivity index (χ0n) is 67.2. The van der Waals surface area contributed by atoms with Gasteiger partial charge in [-0.3, -0.25) is 43.7 Å². The van der Waals surface area contributed by atoms with Crippen molar-refractivity contribution >= 4 is 168 Å². The number of nitrogens with one attached hydrogen (secondary N) is 4. The number of Topliss-reactive ketones (excluding diaryl/α,β-unsaturated/α-hetero) is 2. The molecule has 8 N–H and O–H groups in total. The minimum atomic E-state index is -1.91. The molecule has 10 atom stereocenters. The number of rotatable bonds is 40. The molecule has 3 aliphatic heterocycles. The Balaban J connectivity index is 0.00000107. The first-order valence-corrected chi connectivity index (χ1v) is 43.0. The molecule has 652 valence electrons. The number of hydrogen-bond acceptors (Lipinski definition) is 25. The highest BCUT2D eigenvalue weighted by Crippen LogP contribution is 2.49. The number of halogens is 5. The van der Waals surface area contributed by atoms with Gasteiger partial charge in [0, 0.05) is 92.7 Å². The molecule has 5 heterocycles. The number of aliphatic hydroxyl groups is 1. The summed E-state index contributed by atoms with van der Waals surface area (Å²) in [7, 11) is 5.78. The van der Waals surface area contributed by atoms with Gasteiger partial charge in [-0.1, -0.05) is 113 Å². The van der Waals surface area contributed by atoms with Crippen molar-refractivity contribution in [2.75, 3.05) is 92.6 Å². The smallest absolute Gasteiger partial charge is 0.409 e. The van der Waals surface area contributed by atoms with E-state index in [1.165, 1.54) is 64.1 Å². The van der Waals surface area contributed by atoms with Gasteiger partial charge in [0.15, 0.2) is 17.3 Å². The largest absolute Gasteiger partial charge is 0.495 e. The number of nitrogens with zero attached hydrogens (tertiary/aromatic N) is 6. The maximum Gasteiger partial charge on any atom is 0.409 e. The van der Waals surface area contributed by atoms with Crippen LogP contribution in [0, 0.1) is 5.92 Å². The lowest BCUT2D eigenvalue weighted by Gasteiger charge is -2.42. The van der Waals surface area contributed by atoms with Crippen molar-refractivity contribution in [3.8, 4) is 5.75 Å². The van der Waals surface area contributed by atoms with Crippen molar-refractivity contribution in [2.24, 2.45) is 11.7 Å². The van der Waals surface area contributed by atoms with E-state index in [0.717, 1.165) is 39.4 Å². The molecular formula is C81H106Br4ClN11O22. The van der Waals surface area contributed by atoms with E-state index in [4.69, 9.17) is 65.1 Å². The number of fused-ring (bicyclic) bond motifs is 7. The normalized spacial score (nSPS) is 20.5. The zero-order valence-corrected chi connectivity index (χ0v) is 74.2. The fraction of sp³-hybridized carbons (Fsp3) is 0.543. The number of alkyl carbamates (subject to hydrolysis) is 1. The summed E-state index contributed by atoms with van der Waals surface area (Å²) in [6.07, 6.45) is 0.447. The first-order chi connectivity index (χ1) is 56.2. The van der Waals surface area contributed by atoms with Gasteiger partial charge in [-0.15, -0.1) is 0 Å². The molecule has 5 aromatic rings. The summed E-state index contributed by atoms with van der Waals surface area (Å²) in [4.78, 5) is 163. The van der Waals surface area contributed by atoms with Crippen LogP contribution in [-0.4, -0.2) is 242 Å². The highest BCUT2D eigenvalue weighted by Gasteiger charge is 2.64. The van der Waals surface area contributed by atoms with E-state index >= 15 is 0 Å². The number of carboxylic acid groups (broad SMARTS) is 1. The summed E-state index contributed by atoms with van der Waals surface area (Å²) in [5.41, 5.74) is 10.9. The average Bonchev–Trinajstić information content (AvgIpc) is 1.57. The molecule has 2 aromatic heterocycles. The Morgan fingerprint density at radius 1 is 0.756 bits per heavy atom. The van der Waals surface area contributed by atoms with Crippen molar-refractivity contribution < 1.29 is 106 Å². The van der Waals surface area contributed by atoms with Crippen LogP contribution in [0.4, 0.5) is 10.5 Å². The van der Waals surface area contributed by atoms with Crippen LogP contribution >= 0.6 is 75.3 Å². The summed E-state index contributed by atoms with van der Waals surface area (Å²) in [6, 6.07) is 9.82. The topological polar surface area (TPSA) is 447 Å². The van der Waals surface area contributed by atoms with Crippen LogP contribution in [-0.2, 0) is 104 Å². The summed E-state index contributed by atoms with van der Waals surface area (Å²) in [5, 5.41) is 33.2. The van der Waals surface area contributed by atoms with E-state index in [-0.39, 0.29) is 88.7 Å². The van der Waals surface area contributed by atoms with E-state index in [2.05, 4.69) is 105 Å². The van der Waals surface area contributed by atoms with Gasteiger partial charge in [-0.05, 0) is 107 Å². The van der Waals surface area contributed by atoms with E-state index in [1.54, 1.807) is 62.4 Å². The second kappa shape index (κ2) is 48.5. The Bertz CT molecular complexity index is 4470. The molecule has 0 unspecified atom stereocenters. The number of hydrogen-bond donors (Lipinski definition) is 7. The van der Waals surface area contributed by atoms with Crippen LogP contribution in [0.5, 0.6) is 5.75 Å². The highest BCUT2D eigenvalue weighted by molar-refractivity contribution is 9.09. The van der Waals surface area contributed by atoms with Gasteiger partial charge in [0.05, 0.1) is 141 Å². The molecule has 0 radical (unpaired) electrons. The monoisotopic (exact) mass is 1940 g/mol. The summed E-state index contributed by atoms with van der Waals surface area (Å²) < 4.78 is 51.5. The molecule has 33 nitrogen and oxygen atoms in total. The van der Waals surface area contributed by atoms with Gasteiger partial charge in [0.2, 0.25) is 35.4 Å². The number of methoxy groups -OCH3 is 2. The molecule has 0 saturated carbocycles. The molecule has 0 aliphatic carbocycles. The third-order valence-corrected chi connectivity index (χ3v) is 22.4. The number of anilines is 1. The van der Waals surface area contributed by atoms with Crippen molar-refractivity contribution in [2.45, 2.75) is 188 Å². The summed E-state index contributed by atoms with van der Waals surface area (Å²) in [5.74, 6) is -6.65. The third kappa shape index (κ3) is 29.3. The lowest BCUT2D eigenvalue weighted by Crippen LogP contribution is -2.63. The molecule has 0 spiro atoms. The second-order valence-electron chi connectivity index (χ2n) is 28.6. The number of aromatic nitrogens is 4. The average molecular weight is 1940 g/mol. The van der Waals surface area contributed by atoms with Crippen LogP contribution in [0.25, 0.3) is 22.1 Å². The number of aromatic carboxylic acids is 1. The van der Waals surface area contributed by atoms with Crippen LogP contribution in [0.3, 0.4) is 0 Å². The number of likely N-dealkylation sites (N-methyl/N-ethyl adjacent to an activating group) is 1. The number of carboxylic acids is 1. The number of allylic oxidation sites excluding steroid dienone is 3. The molecule has 38 heteroatoms. The van der Waals surface area contributed by atoms with Crippen LogP contribution < -0.4 is 36.6 Å². The standard InChI is InChI=1S/C69H94Br2ClN9O20.C11H8Br2N2O2.CH4/c1-40-14-12-16-56(94-9)69(92)36-55(99-67(91)79-69)41(2)64-68(5,101-64)57(35-62(88)81(7)51-31-44(30-40)32-54(93-8)63(51)72)100-66(90)43(4)80(6)61(87)18-11-10-17-59(85)74-39-53(83)42(3)75-65(89)48(34-58(73)84)78-60(86)21-23-96-25-27-98-29-28-97-26-24-95-22-13-15-52(82)45-19-20-46-47(33-45)77-50(38-71)49(37-70)76-46;12-4-9-10(5-13)15-8-3-6(11(16)17)1-2-7(8)14-9;/h12,14,16,19-20,31-33,41-43,48,55-57,64,92H,10-11,13,15,17-18,21-30,34-39H2,1-9H3,(H2,73,84)(H,74,85)(H,75,89)(H,78,86)(H,79,91);1-3H,4-5H2,(H,16,17);1H4/b16-12+,40-14+;;/t41-,42+,43+,48+,55+,56-,57+,64+,68+,69+;;/m1../s1. The molecule has 119 heavy (non-hydrogen) atoms. The van der Waals surface area contributed by atoms with Gasteiger partial charge in [0.1, 0.15) is 46.8 Å². The number of ether oxygens (including phenoxy) is 9. The molecule has 3 aliphatic rings. The number of alkyl halides is 4. The zero-order chi connectivity index (χ0) is 86.6. The predicted octanol–water partition coefficient (Wildman–Crippen LogP) is 9.23. The second-order valence-corrected chi connectivity index (χ2v) is 31.2. The lowest BCUT2D eigenvalue weighted by molar-refractivity contribution is -0.162. The SMILES string of the molecule is C.COc1cc2cc(c1Cl)N(C)C(=O)C[C@H](OC(=O)[C@H](C)N(C)C(=O)CCCCC(=O)NCC(=O)[C@H](C)NC(=O)[C@H](CC(N)=O)NC(=O)CCOCCOCCOCCOCCCC(=O)c1ccc3nc(CBr)c(CBr)nc3c1)[C@]1(C)O[C@H]1[C@H](C)[C@@H]1C[C@@](O)(NC(=O)O1)[C@H](OC)/C=C/C=C(\C)C2.O=C(O)c1ccc2nc(CBr)c(CBr)nc2c1. The fourth-order valence-electron chi connectivity index (χ4n) is 12.8. The van der Waals surface area contributed by atoms with Crippen molar-refractivity contribution in [1.29, 1.82) is 0 Å². The first-order valence-electron chi connectivity index (χ1n) is 38.1. The van der Waals surface area contributed by atoms with Crippen molar-refractivity contribution in [3.05, 3.63) is 117 Å². The number of esters is 1. The number of amides is 7. The van der Waals surface area contributed by atoms with Gasteiger partial charge in [0.25, 0.3) is 0 Å². The third-order valence-electron chi connectivity index (χ3n) is 19.9. The number of ketones is 2. The number of unbranched alkanes of at least 4 members (excludes halogenated alkanes) is 1. The van der Waals surface area contributed by atoms with Gasteiger partial charge >= 0.3 is 18.0 Å². The maximum absolute atomic E-state index is 14.4. The Hall–Kier alpha value is -8.08. The van der Waals surface area contributed by atoms with Crippen LogP contribution in [0.2, 0.25) is 5.02 Å². The fourth-order valence-corrected chi connectivity index (χ4v) is 15.0.